The van der Waals surface area contributed by atoms with Crippen LogP contribution in [0.2, 0.25) is 0 Å². The van der Waals surface area contributed by atoms with Crippen LogP contribution >= 0.6 is 24.0 Å². The second kappa shape index (κ2) is 12.7. The molecule has 0 aliphatic heterocycles. The van der Waals surface area contributed by atoms with Gasteiger partial charge in [0.05, 0.1) is 13.2 Å². The number of rotatable bonds is 8. The molecule has 0 bridgehead atoms. The Bertz CT molecular complexity index is 634. The molecule has 0 unspecified atom stereocenters. The van der Waals surface area contributed by atoms with Crippen LogP contribution in [0, 0.1) is 0 Å². The molecule has 25 heavy (non-hydrogen) atoms. The van der Waals surface area contributed by atoms with Crippen molar-refractivity contribution in [2.24, 2.45) is 4.99 Å². The number of benzene rings is 1. The highest BCUT2D eigenvalue weighted by Crippen LogP contribution is 2.07. The van der Waals surface area contributed by atoms with Gasteiger partial charge in [-0.05, 0) is 30.2 Å². The summed E-state index contributed by atoms with van der Waals surface area (Å²) in [6.07, 6.45) is 2.69. The Kier molecular flexibility index (Phi) is 10.8. The van der Waals surface area contributed by atoms with Crippen LogP contribution in [0.5, 0.6) is 0 Å². The molecule has 0 saturated carbocycles. The molecule has 0 saturated heterocycles. The standard InChI is InChI=1S/C19H26N4O.HI/c1-3-20-19(22-12-10-18-9-4-5-11-21-18)23-14-16-7-6-8-17(13-16)15-24-2;/h4-9,11,13H,3,10,12,14-15H2,1-2H3,(H2,20,22,23);1H. The number of nitrogens with zero attached hydrogens (tertiary/aromatic N) is 2. The van der Waals surface area contributed by atoms with Crippen LogP contribution in [0.25, 0.3) is 0 Å². The molecule has 1 aromatic carbocycles. The highest BCUT2D eigenvalue weighted by molar-refractivity contribution is 14.0. The lowest BCUT2D eigenvalue weighted by molar-refractivity contribution is 0.185. The third-order valence-corrected chi connectivity index (χ3v) is 3.47. The quantitative estimate of drug-likeness (QED) is 0.366. The highest BCUT2D eigenvalue weighted by Gasteiger charge is 2.00. The molecule has 0 spiro atoms. The Labute approximate surface area is 167 Å². The third kappa shape index (κ3) is 8.31. The van der Waals surface area contributed by atoms with Crippen molar-refractivity contribution in [2.45, 2.75) is 26.5 Å². The number of methoxy groups -OCH3 is 1. The molecular formula is C19H27IN4O. The molecule has 0 radical (unpaired) electrons. The van der Waals surface area contributed by atoms with Gasteiger partial charge >= 0.3 is 0 Å². The van der Waals surface area contributed by atoms with Crippen molar-refractivity contribution in [3.05, 3.63) is 65.5 Å². The molecule has 0 aliphatic carbocycles. The lowest BCUT2D eigenvalue weighted by Gasteiger charge is -2.11. The van der Waals surface area contributed by atoms with E-state index in [9.17, 15) is 0 Å². The van der Waals surface area contributed by atoms with E-state index in [1.165, 1.54) is 11.1 Å². The number of pyridine rings is 1. The molecule has 1 aromatic heterocycles. The summed E-state index contributed by atoms with van der Waals surface area (Å²) in [6, 6.07) is 14.3. The predicted molar refractivity (Wildman–Crippen MR) is 113 cm³/mol. The lowest BCUT2D eigenvalue weighted by Crippen LogP contribution is -2.38. The molecular weight excluding hydrogens is 427 g/mol. The summed E-state index contributed by atoms with van der Waals surface area (Å²) in [4.78, 5) is 8.98. The predicted octanol–water partition coefficient (Wildman–Crippen LogP) is 3.14. The minimum atomic E-state index is 0. The summed E-state index contributed by atoms with van der Waals surface area (Å²) in [5, 5.41) is 6.63. The zero-order valence-electron chi connectivity index (χ0n) is 14.9. The van der Waals surface area contributed by atoms with Crippen molar-refractivity contribution in [3.63, 3.8) is 0 Å². The number of aliphatic imine (C=N–C) groups is 1. The van der Waals surface area contributed by atoms with Crippen molar-refractivity contribution >= 4 is 29.9 Å². The van der Waals surface area contributed by atoms with Gasteiger partial charge in [-0.1, -0.05) is 30.3 Å². The molecule has 0 fully saturated rings. The third-order valence-electron chi connectivity index (χ3n) is 3.47. The summed E-state index contributed by atoms with van der Waals surface area (Å²) >= 11 is 0. The smallest absolute Gasteiger partial charge is 0.191 e. The molecule has 6 heteroatoms. The van der Waals surface area contributed by atoms with Gasteiger partial charge in [-0.2, -0.15) is 0 Å². The van der Waals surface area contributed by atoms with Gasteiger partial charge in [0, 0.05) is 38.5 Å². The summed E-state index contributed by atoms with van der Waals surface area (Å²) in [5.74, 6) is 0.825. The van der Waals surface area contributed by atoms with Gasteiger partial charge in [-0.25, -0.2) is 4.99 Å². The molecule has 0 atom stereocenters. The average molecular weight is 454 g/mol. The second-order valence-electron chi connectivity index (χ2n) is 5.45. The Morgan fingerprint density at radius 1 is 1.12 bits per heavy atom. The Morgan fingerprint density at radius 2 is 1.96 bits per heavy atom. The summed E-state index contributed by atoms with van der Waals surface area (Å²) in [5.41, 5.74) is 3.41. The van der Waals surface area contributed by atoms with E-state index in [1.807, 2.05) is 30.5 Å². The number of halogens is 1. The SMILES string of the molecule is CCNC(=NCc1cccc(COC)c1)NCCc1ccccn1.I. The van der Waals surface area contributed by atoms with Crippen molar-refractivity contribution in [2.75, 3.05) is 20.2 Å². The van der Waals surface area contributed by atoms with Gasteiger partial charge in [0.1, 0.15) is 0 Å². The van der Waals surface area contributed by atoms with Crippen LogP contribution < -0.4 is 10.6 Å². The number of nitrogens with one attached hydrogen (secondary N) is 2. The van der Waals surface area contributed by atoms with E-state index in [0.29, 0.717) is 13.2 Å². The number of ether oxygens (including phenoxy) is 1. The van der Waals surface area contributed by atoms with Crippen LogP contribution in [-0.2, 0) is 24.3 Å². The Morgan fingerprint density at radius 3 is 2.68 bits per heavy atom. The van der Waals surface area contributed by atoms with E-state index in [2.05, 4.69) is 45.7 Å². The number of hydrogen-bond donors (Lipinski definition) is 2. The number of guanidine groups is 1. The minimum absolute atomic E-state index is 0. The van der Waals surface area contributed by atoms with Crippen LogP contribution in [0.15, 0.2) is 53.7 Å². The highest BCUT2D eigenvalue weighted by atomic mass is 127. The molecule has 5 nitrogen and oxygen atoms in total. The van der Waals surface area contributed by atoms with Gasteiger partial charge in [0.15, 0.2) is 5.96 Å². The van der Waals surface area contributed by atoms with Crippen LogP contribution in [-0.4, -0.2) is 31.1 Å². The summed E-state index contributed by atoms with van der Waals surface area (Å²) in [6.45, 7) is 4.96. The van der Waals surface area contributed by atoms with Gasteiger partial charge in [0.25, 0.3) is 0 Å². The van der Waals surface area contributed by atoms with E-state index in [0.717, 1.165) is 31.2 Å². The largest absolute Gasteiger partial charge is 0.380 e. The van der Waals surface area contributed by atoms with E-state index in [4.69, 9.17) is 4.74 Å². The maximum atomic E-state index is 5.18. The first kappa shape index (κ1) is 21.4. The molecule has 2 aromatic rings. The first-order chi connectivity index (χ1) is 11.8. The molecule has 2 rings (SSSR count). The zero-order valence-corrected chi connectivity index (χ0v) is 17.2. The zero-order chi connectivity index (χ0) is 17.0. The molecule has 0 aliphatic rings. The van der Waals surface area contributed by atoms with E-state index >= 15 is 0 Å². The fraction of sp³-hybridized carbons (Fsp3) is 0.368. The van der Waals surface area contributed by atoms with Crippen LogP contribution in [0.3, 0.4) is 0 Å². The average Bonchev–Trinajstić information content (AvgIpc) is 2.61. The van der Waals surface area contributed by atoms with Crippen molar-refractivity contribution in [3.8, 4) is 0 Å². The number of hydrogen-bond acceptors (Lipinski definition) is 3. The lowest BCUT2D eigenvalue weighted by atomic mass is 10.1. The van der Waals surface area contributed by atoms with Gasteiger partial charge in [-0.15, -0.1) is 24.0 Å². The topological polar surface area (TPSA) is 58.5 Å². The van der Waals surface area contributed by atoms with E-state index in [-0.39, 0.29) is 24.0 Å². The maximum absolute atomic E-state index is 5.18. The molecule has 136 valence electrons. The molecule has 0 amide bonds. The van der Waals surface area contributed by atoms with Gasteiger partial charge < -0.3 is 15.4 Å². The van der Waals surface area contributed by atoms with E-state index in [1.54, 1.807) is 7.11 Å². The summed E-state index contributed by atoms with van der Waals surface area (Å²) in [7, 11) is 1.71. The van der Waals surface area contributed by atoms with Crippen molar-refractivity contribution < 1.29 is 4.74 Å². The Balaban J connectivity index is 0.00000312. The first-order valence-corrected chi connectivity index (χ1v) is 8.30. The van der Waals surface area contributed by atoms with Gasteiger partial charge in [0.2, 0.25) is 0 Å². The monoisotopic (exact) mass is 454 g/mol. The second-order valence-corrected chi connectivity index (χ2v) is 5.45. The fourth-order valence-electron chi connectivity index (χ4n) is 2.35. The van der Waals surface area contributed by atoms with Crippen LogP contribution in [0.4, 0.5) is 0 Å². The summed E-state index contributed by atoms with van der Waals surface area (Å²) < 4.78 is 5.18. The molecule has 1 heterocycles. The van der Waals surface area contributed by atoms with E-state index < -0.39 is 0 Å². The maximum Gasteiger partial charge on any atom is 0.191 e. The van der Waals surface area contributed by atoms with Crippen molar-refractivity contribution in [1.29, 1.82) is 0 Å². The number of aromatic nitrogens is 1. The Hall–Kier alpha value is -1.67. The minimum Gasteiger partial charge on any atom is -0.380 e. The molecule has 2 N–H and O–H groups in total. The van der Waals surface area contributed by atoms with Crippen molar-refractivity contribution in [1.82, 2.24) is 15.6 Å². The van der Waals surface area contributed by atoms with Crippen LogP contribution in [0.1, 0.15) is 23.7 Å². The van der Waals surface area contributed by atoms with Gasteiger partial charge in [-0.3, -0.25) is 4.98 Å². The first-order valence-electron chi connectivity index (χ1n) is 8.30. The fourth-order valence-corrected chi connectivity index (χ4v) is 2.35. The normalized spacial score (nSPS) is 10.9.